The minimum atomic E-state index is -0.706. The van der Waals surface area contributed by atoms with Gasteiger partial charge in [0.25, 0.3) is 5.91 Å². The second-order valence-corrected chi connectivity index (χ2v) is 6.39. The third-order valence-electron chi connectivity index (χ3n) is 3.95. The molecule has 4 N–H and O–H groups in total. The summed E-state index contributed by atoms with van der Waals surface area (Å²) in [6.07, 6.45) is 0.493. The Balaban J connectivity index is 2.04. The molecule has 1 saturated heterocycles. The molecule has 1 aromatic carbocycles. The lowest BCUT2D eigenvalue weighted by atomic mass is 10.1. The van der Waals surface area contributed by atoms with E-state index in [9.17, 15) is 19.8 Å². The molecule has 1 fully saturated rings. The van der Waals surface area contributed by atoms with Gasteiger partial charge in [-0.3, -0.25) is 4.79 Å². The fourth-order valence-electron chi connectivity index (χ4n) is 2.67. The van der Waals surface area contributed by atoms with Crippen LogP contribution in [-0.4, -0.2) is 58.3 Å². The van der Waals surface area contributed by atoms with Gasteiger partial charge >= 0.3 is 6.03 Å². The van der Waals surface area contributed by atoms with Crippen LogP contribution in [0.4, 0.5) is 4.79 Å². The zero-order chi connectivity index (χ0) is 17.7. The van der Waals surface area contributed by atoms with Crippen LogP contribution in [0.25, 0.3) is 0 Å². The number of phenols is 1. The van der Waals surface area contributed by atoms with Crippen LogP contribution in [0, 0.1) is 0 Å². The number of aliphatic hydroxyl groups excluding tert-OH is 1. The van der Waals surface area contributed by atoms with Crippen LogP contribution in [0.3, 0.4) is 0 Å². The van der Waals surface area contributed by atoms with E-state index >= 15 is 0 Å². The monoisotopic (exact) mass is 335 g/mol. The van der Waals surface area contributed by atoms with E-state index < -0.39 is 12.1 Å². The number of nitrogens with one attached hydrogen (secondary N) is 2. The zero-order valence-electron chi connectivity index (χ0n) is 14.0. The summed E-state index contributed by atoms with van der Waals surface area (Å²) in [4.78, 5) is 26.1. The Morgan fingerprint density at radius 2 is 1.92 bits per heavy atom. The van der Waals surface area contributed by atoms with E-state index in [1.807, 2.05) is 13.8 Å². The second kappa shape index (κ2) is 8.01. The number of carbonyl (C=O) groups excluding carboxylic acids is 2. The summed E-state index contributed by atoms with van der Waals surface area (Å²) < 4.78 is 0. The van der Waals surface area contributed by atoms with Crippen LogP contribution in [0.2, 0.25) is 0 Å². The number of hydrogen-bond acceptors (Lipinski definition) is 4. The molecule has 0 aliphatic carbocycles. The summed E-state index contributed by atoms with van der Waals surface area (Å²) in [6, 6.07) is 5.18. The normalized spacial score (nSPS) is 21.2. The molecule has 1 aliphatic rings. The molecule has 0 saturated carbocycles. The number of nitrogens with zero attached hydrogens (tertiary/aromatic N) is 1. The van der Waals surface area contributed by atoms with E-state index in [2.05, 4.69) is 10.6 Å². The highest BCUT2D eigenvalue weighted by atomic mass is 16.3. The number of rotatable bonds is 3. The zero-order valence-corrected chi connectivity index (χ0v) is 14.0. The topological polar surface area (TPSA) is 102 Å². The summed E-state index contributed by atoms with van der Waals surface area (Å²) in [7, 11) is 0. The number of amides is 3. The highest BCUT2D eigenvalue weighted by Crippen LogP contribution is 2.14. The molecule has 0 spiro atoms. The van der Waals surface area contributed by atoms with Crippen LogP contribution in [0.1, 0.15) is 37.0 Å². The Morgan fingerprint density at radius 3 is 2.54 bits per heavy atom. The van der Waals surface area contributed by atoms with E-state index in [1.165, 1.54) is 24.3 Å². The molecule has 132 valence electrons. The molecular weight excluding hydrogens is 310 g/mol. The van der Waals surface area contributed by atoms with Gasteiger partial charge in [-0.25, -0.2) is 4.79 Å². The van der Waals surface area contributed by atoms with Crippen molar-refractivity contribution in [2.75, 3.05) is 13.1 Å². The van der Waals surface area contributed by atoms with E-state index in [0.717, 1.165) is 0 Å². The maximum Gasteiger partial charge on any atom is 0.317 e. The first kappa shape index (κ1) is 18.1. The summed E-state index contributed by atoms with van der Waals surface area (Å²) in [5.74, 6) is -0.261. The summed E-state index contributed by atoms with van der Waals surface area (Å²) in [5, 5.41) is 25.2. The van der Waals surface area contributed by atoms with Gasteiger partial charge in [-0.15, -0.1) is 0 Å². The van der Waals surface area contributed by atoms with E-state index in [-0.39, 0.29) is 30.3 Å². The second-order valence-electron chi connectivity index (χ2n) is 6.39. The van der Waals surface area contributed by atoms with Crippen molar-refractivity contribution in [2.45, 2.75) is 44.9 Å². The molecule has 3 amide bonds. The van der Waals surface area contributed by atoms with E-state index in [1.54, 1.807) is 4.90 Å². The van der Waals surface area contributed by atoms with Gasteiger partial charge in [0.1, 0.15) is 5.75 Å². The standard InChI is InChI=1S/C17H25N3O4/c1-11(2)18-17(24)20-9-3-4-15(22)14(10-20)19-16(23)12-5-7-13(21)8-6-12/h5-8,11,14-15,21-22H,3-4,9-10H2,1-2H3,(H,18,24)(H,19,23). The van der Waals surface area contributed by atoms with E-state index in [4.69, 9.17) is 0 Å². The van der Waals surface area contributed by atoms with Crippen molar-refractivity contribution < 1.29 is 19.8 Å². The summed E-state index contributed by atoms with van der Waals surface area (Å²) in [5.41, 5.74) is 0.391. The fraction of sp³-hybridized carbons (Fsp3) is 0.529. The lowest BCUT2D eigenvalue weighted by Gasteiger charge is -2.28. The summed E-state index contributed by atoms with van der Waals surface area (Å²) in [6.45, 7) is 4.56. The number of aliphatic hydroxyl groups is 1. The molecule has 1 aliphatic heterocycles. The molecule has 0 radical (unpaired) electrons. The number of likely N-dealkylation sites (tertiary alicyclic amines) is 1. The Labute approximate surface area is 141 Å². The van der Waals surface area contributed by atoms with Crippen molar-refractivity contribution in [3.05, 3.63) is 29.8 Å². The number of benzene rings is 1. The van der Waals surface area contributed by atoms with Gasteiger partial charge in [0.15, 0.2) is 0 Å². The Hall–Kier alpha value is -2.28. The molecule has 7 heteroatoms. The Kier molecular flexibility index (Phi) is 6.03. The number of hydrogen-bond donors (Lipinski definition) is 4. The molecule has 1 heterocycles. The molecule has 2 rings (SSSR count). The van der Waals surface area contributed by atoms with Crippen molar-refractivity contribution >= 4 is 11.9 Å². The summed E-state index contributed by atoms with van der Waals surface area (Å²) >= 11 is 0. The van der Waals surface area contributed by atoms with Crippen molar-refractivity contribution in [1.82, 2.24) is 15.5 Å². The predicted octanol–water partition coefficient (Wildman–Crippen LogP) is 1.07. The first-order chi connectivity index (χ1) is 11.4. The number of urea groups is 1. The molecule has 0 aromatic heterocycles. The van der Waals surface area contributed by atoms with Gasteiger partial charge < -0.3 is 25.7 Å². The van der Waals surface area contributed by atoms with Crippen LogP contribution in [0.15, 0.2) is 24.3 Å². The minimum absolute atomic E-state index is 0.0238. The predicted molar refractivity (Wildman–Crippen MR) is 89.8 cm³/mol. The smallest absolute Gasteiger partial charge is 0.317 e. The number of phenolic OH excluding ortho intramolecular Hbond substituents is 1. The average molecular weight is 335 g/mol. The molecule has 7 nitrogen and oxygen atoms in total. The lowest BCUT2D eigenvalue weighted by molar-refractivity contribution is 0.0808. The van der Waals surface area contributed by atoms with Crippen LogP contribution in [0.5, 0.6) is 5.75 Å². The maximum absolute atomic E-state index is 12.3. The molecule has 1 aromatic rings. The SMILES string of the molecule is CC(C)NC(=O)N1CCCC(O)C(NC(=O)c2ccc(O)cc2)C1. The highest BCUT2D eigenvalue weighted by molar-refractivity contribution is 5.94. The number of carbonyl (C=O) groups is 2. The Morgan fingerprint density at radius 1 is 1.25 bits per heavy atom. The van der Waals surface area contributed by atoms with Gasteiger partial charge in [0.2, 0.25) is 0 Å². The average Bonchev–Trinajstić information content (AvgIpc) is 2.69. The molecule has 0 bridgehead atoms. The molecule has 24 heavy (non-hydrogen) atoms. The molecule has 2 unspecified atom stereocenters. The van der Waals surface area contributed by atoms with Crippen LogP contribution in [-0.2, 0) is 0 Å². The quantitative estimate of drug-likeness (QED) is 0.663. The maximum atomic E-state index is 12.3. The van der Waals surface area contributed by atoms with Crippen molar-refractivity contribution in [3.63, 3.8) is 0 Å². The van der Waals surface area contributed by atoms with Gasteiger partial charge in [-0.05, 0) is 51.0 Å². The highest BCUT2D eigenvalue weighted by Gasteiger charge is 2.29. The fourth-order valence-corrected chi connectivity index (χ4v) is 2.67. The van der Waals surface area contributed by atoms with Crippen LogP contribution >= 0.6 is 0 Å². The first-order valence-corrected chi connectivity index (χ1v) is 8.20. The van der Waals surface area contributed by atoms with Gasteiger partial charge in [0.05, 0.1) is 12.1 Å². The van der Waals surface area contributed by atoms with Gasteiger partial charge in [-0.1, -0.05) is 0 Å². The van der Waals surface area contributed by atoms with Gasteiger partial charge in [-0.2, -0.15) is 0 Å². The van der Waals surface area contributed by atoms with E-state index in [0.29, 0.717) is 24.9 Å². The van der Waals surface area contributed by atoms with Crippen molar-refractivity contribution in [2.24, 2.45) is 0 Å². The molecule has 2 atom stereocenters. The van der Waals surface area contributed by atoms with Crippen molar-refractivity contribution in [3.8, 4) is 5.75 Å². The number of aromatic hydroxyl groups is 1. The Bertz CT molecular complexity index is 574. The van der Waals surface area contributed by atoms with Crippen LogP contribution < -0.4 is 10.6 Å². The largest absolute Gasteiger partial charge is 0.508 e. The first-order valence-electron chi connectivity index (χ1n) is 8.20. The third-order valence-corrected chi connectivity index (χ3v) is 3.95. The van der Waals surface area contributed by atoms with Crippen molar-refractivity contribution in [1.29, 1.82) is 0 Å². The lowest BCUT2D eigenvalue weighted by Crippen LogP contribution is -2.52. The third kappa shape index (κ3) is 4.86. The van der Waals surface area contributed by atoms with Gasteiger partial charge in [0, 0.05) is 24.7 Å². The minimum Gasteiger partial charge on any atom is -0.508 e. The molecular formula is C17H25N3O4.